The van der Waals surface area contributed by atoms with Gasteiger partial charge in [0.25, 0.3) is 0 Å². The third-order valence-corrected chi connectivity index (χ3v) is 2.73. The van der Waals surface area contributed by atoms with Crippen LogP contribution in [0.2, 0.25) is 0 Å². The van der Waals surface area contributed by atoms with E-state index in [0.29, 0.717) is 13.1 Å². The van der Waals surface area contributed by atoms with Crippen LogP contribution in [0.1, 0.15) is 31.9 Å². The molecule has 3 N–H and O–H groups in total. The molecule has 19 heavy (non-hydrogen) atoms. The second-order valence-corrected chi connectivity index (χ2v) is 5.32. The molecule has 0 heterocycles. The number of nitrogens with two attached hydrogens (primary N) is 1. The average Bonchev–Trinajstić information content (AvgIpc) is 2.34. The van der Waals surface area contributed by atoms with Crippen LogP contribution in [0.4, 0.5) is 0 Å². The molecule has 0 unspecified atom stereocenters. The number of hydrogen-bond donors (Lipinski definition) is 2. The molecule has 3 heteroatoms. The summed E-state index contributed by atoms with van der Waals surface area (Å²) in [5.74, 6) is 5.90. The topological polar surface area (TPSA) is 49.5 Å². The fraction of sp³-hybridized carbons (Fsp3) is 0.500. The van der Waals surface area contributed by atoms with Gasteiger partial charge in [0.15, 0.2) is 0 Å². The lowest BCUT2D eigenvalue weighted by Gasteiger charge is -2.28. The maximum Gasteiger partial charge on any atom is 0.0718 e. The smallest absolute Gasteiger partial charge is 0.0718 e. The third kappa shape index (κ3) is 6.40. The Morgan fingerprint density at radius 3 is 2.68 bits per heavy atom. The van der Waals surface area contributed by atoms with Crippen molar-refractivity contribution >= 4 is 0 Å². The molecule has 1 aromatic rings. The van der Waals surface area contributed by atoms with E-state index in [1.165, 1.54) is 5.56 Å². The van der Waals surface area contributed by atoms with Crippen molar-refractivity contribution in [2.45, 2.75) is 32.9 Å². The summed E-state index contributed by atoms with van der Waals surface area (Å²) < 4.78 is 0. The summed E-state index contributed by atoms with van der Waals surface area (Å²) in [5.41, 5.74) is 6.89. The molecule has 0 aliphatic carbocycles. The van der Waals surface area contributed by atoms with Crippen molar-refractivity contribution in [3.8, 4) is 11.8 Å². The first-order chi connectivity index (χ1) is 8.94. The Morgan fingerprint density at radius 2 is 2.11 bits per heavy atom. The fourth-order valence-electron chi connectivity index (χ4n) is 1.99. The van der Waals surface area contributed by atoms with Gasteiger partial charge in [-0.05, 0) is 38.1 Å². The van der Waals surface area contributed by atoms with Crippen LogP contribution in [-0.2, 0) is 6.54 Å². The zero-order valence-corrected chi connectivity index (χ0v) is 12.1. The molecule has 3 nitrogen and oxygen atoms in total. The number of aliphatic hydroxyl groups is 1. The van der Waals surface area contributed by atoms with Crippen molar-refractivity contribution in [1.82, 2.24) is 4.90 Å². The number of likely N-dealkylation sites (N-methyl/N-ethyl adjacent to an activating group) is 1. The largest absolute Gasteiger partial charge is 0.389 e. The zero-order chi connectivity index (χ0) is 14.3. The summed E-state index contributed by atoms with van der Waals surface area (Å²) in [4.78, 5) is 2.22. The highest BCUT2D eigenvalue weighted by atomic mass is 16.3. The second-order valence-electron chi connectivity index (χ2n) is 5.32. The maximum absolute atomic E-state index is 9.89. The minimum Gasteiger partial charge on any atom is -0.389 e. The Bertz CT molecular complexity index is 452. The highest BCUT2D eigenvalue weighted by Gasteiger charge is 2.17. The summed E-state index contributed by atoms with van der Waals surface area (Å²) in [6.07, 6.45) is 0. The zero-order valence-electron chi connectivity index (χ0n) is 12.1. The molecule has 0 bridgehead atoms. The Hall–Kier alpha value is -1.34. The van der Waals surface area contributed by atoms with Crippen LogP contribution in [0.5, 0.6) is 0 Å². The average molecular weight is 260 g/mol. The Balaban J connectivity index is 2.74. The molecule has 0 aromatic heterocycles. The van der Waals surface area contributed by atoms with E-state index in [0.717, 1.165) is 18.7 Å². The molecule has 0 amide bonds. The van der Waals surface area contributed by atoms with Gasteiger partial charge >= 0.3 is 0 Å². The fourth-order valence-corrected chi connectivity index (χ4v) is 1.99. The molecule has 1 aromatic carbocycles. The van der Waals surface area contributed by atoms with Gasteiger partial charge in [0.05, 0.1) is 12.1 Å². The lowest BCUT2D eigenvalue weighted by molar-refractivity contribution is 0.0353. The highest BCUT2D eigenvalue weighted by Crippen LogP contribution is 2.11. The van der Waals surface area contributed by atoms with E-state index in [2.05, 4.69) is 35.8 Å². The van der Waals surface area contributed by atoms with Crippen molar-refractivity contribution in [2.24, 2.45) is 5.73 Å². The Labute approximate surface area is 116 Å². The van der Waals surface area contributed by atoms with E-state index in [1.807, 2.05) is 26.0 Å². The van der Waals surface area contributed by atoms with Gasteiger partial charge in [0, 0.05) is 18.7 Å². The lowest BCUT2D eigenvalue weighted by atomic mass is 10.1. The molecule has 0 aliphatic rings. The quantitative estimate of drug-likeness (QED) is 0.791. The standard InChI is InChI=1S/C16H24N2O/c1-4-18(13-16(2,3)19)12-15-8-5-7-14(11-15)9-6-10-17/h5,7-8,11,19H,4,10,12-13,17H2,1-3H3. The SMILES string of the molecule is CCN(Cc1cccc(C#CCN)c1)CC(C)(C)O. The van der Waals surface area contributed by atoms with Crippen molar-refractivity contribution < 1.29 is 5.11 Å². The van der Waals surface area contributed by atoms with Gasteiger partial charge in [-0.3, -0.25) is 4.90 Å². The van der Waals surface area contributed by atoms with E-state index in [4.69, 9.17) is 5.73 Å². The lowest BCUT2D eigenvalue weighted by Crippen LogP contribution is -2.38. The molecule has 0 saturated heterocycles. The van der Waals surface area contributed by atoms with Crippen molar-refractivity contribution in [3.63, 3.8) is 0 Å². The number of benzene rings is 1. The summed E-state index contributed by atoms with van der Waals surface area (Å²) in [6, 6.07) is 8.16. The molecule has 1 rings (SSSR count). The van der Waals surface area contributed by atoms with Gasteiger partial charge in [-0.1, -0.05) is 30.9 Å². The number of hydrogen-bond acceptors (Lipinski definition) is 3. The van der Waals surface area contributed by atoms with E-state index in [1.54, 1.807) is 0 Å². The minimum atomic E-state index is -0.674. The predicted molar refractivity (Wildman–Crippen MR) is 79.6 cm³/mol. The van der Waals surface area contributed by atoms with Crippen LogP contribution < -0.4 is 5.73 Å². The van der Waals surface area contributed by atoms with Crippen molar-refractivity contribution in [1.29, 1.82) is 0 Å². The van der Waals surface area contributed by atoms with Crippen molar-refractivity contribution in [3.05, 3.63) is 35.4 Å². The molecule has 0 radical (unpaired) electrons. The second kappa shape index (κ2) is 7.30. The summed E-state index contributed by atoms with van der Waals surface area (Å²) in [6.45, 7) is 8.52. The van der Waals surface area contributed by atoms with Gasteiger partial charge in [0.2, 0.25) is 0 Å². The molecule has 0 fully saturated rings. The van der Waals surface area contributed by atoms with Crippen LogP contribution >= 0.6 is 0 Å². The monoisotopic (exact) mass is 260 g/mol. The number of rotatable bonds is 5. The van der Waals surface area contributed by atoms with Crippen molar-refractivity contribution in [2.75, 3.05) is 19.6 Å². The van der Waals surface area contributed by atoms with E-state index >= 15 is 0 Å². The van der Waals surface area contributed by atoms with Gasteiger partial charge in [-0.2, -0.15) is 0 Å². The van der Waals surface area contributed by atoms with Crippen LogP contribution in [0.3, 0.4) is 0 Å². The summed E-state index contributed by atoms with van der Waals surface area (Å²) in [5, 5.41) is 9.89. The molecule has 0 atom stereocenters. The molecule has 0 saturated carbocycles. The molecule has 0 spiro atoms. The molecular weight excluding hydrogens is 236 g/mol. The number of nitrogens with zero attached hydrogens (tertiary/aromatic N) is 1. The van der Waals surface area contributed by atoms with Gasteiger partial charge < -0.3 is 10.8 Å². The van der Waals surface area contributed by atoms with Crippen LogP contribution in [0, 0.1) is 11.8 Å². The van der Waals surface area contributed by atoms with E-state index in [9.17, 15) is 5.11 Å². The minimum absolute atomic E-state index is 0.379. The Morgan fingerprint density at radius 1 is 1.37 bits per heavy atom. The van der Waals surface area contributed by atoms with Gasteiger partial charge in [0.1, 0.15) is 0 Å². The predicted octanol–water partition coefficient (Wildman–Crippen LogP) is 1.59. The first-order valence-electron chi connectivity index (χ1n) is 6.67. The van der Waals surface area contributed by atoms with E-state index < -0.39 is 5.60 Å². The molecule has 0 aliphatic heterocycles. The maximum atomic E-state index is 9.89. The van der Waals surface area contributed by atoms with Crippen LogP contribution in [0.15, 0.2) is 24.3 Å². The Kier molecular flexibility index (Phi) is 6.04. The summed E-state index contributed by atoms with van der Waals surface area (Å²) in [7, 11) is 0. The third-order valence-electron chi connectivity index (χ3n) is 2.73. The summed E-state index contributed by atoms with van der Waals surface area (Å²) >= 11 is 0. The van der Waals surface area contributed by atoms with E-state index in [-0.39, 0.29) is 0 Å². The first-order valence-corrected chi connectivity index (χ1v) is 6.67. The van der Waals surface area contributed by atoms with Gasteiger partial charge in [-0.25, -0.2) is 0 Å². The van der Waals surface area contributed by atoms with Crippen LogP contribution in [0.25, 0.3) is 0 Å². The normalized spacial score (nSPS) is 11.3. The van der Waals surface area contributed by atoms with Gasteiger partial charge in [-0.15, -0.1) is 0 Å². The molecule has 104 valence electrons. The first kappa shape index (κ1) is 15.7. The molecular formula is C16H24N2O. The van der Waals surface area contributed by atoms with Crippen LogP contribution in [-0.4, -0.2) is 35.2 Å². The highest BCUT2D eigenvalue weighted by molar-refractivity contribution is 5.37.